The van der Waals surface area contributed by atoms with E-state index in [0.29, 0.717) is 0 Å². The molecule has 0 aliphatic heterocycles. The van der Waals surface area contributed by atoms with Crippen LogP contribution in [-0.4, -0.2) is 31.0 Å². The van der Waals surface area contributed by atoms with E-state index in [9.17, 15) is 0 Å². The van der Waals surface area contributed by atoms with E-state index in [1.807, 2.05) is 42.5 Å². The number of nitrogens with zero attached hydrogens (tertiary/aromatic N) is 4. The second kappa shape index (κ2) is 7.53. The normalized spacial score (nSPS) is 12.4. The molecule has 3 rings (SSSR count). The van der Waals surface area contributed by atoms with Gasteiger partial charge in [0.05, 0.1) is 12.5 Å². The highest BCUT2D eigenvalue weighted by Crippen LogP contribution is 2.20. The first-order valence-corrected chi connectivity index (χ1v) is 9.02. The Kier molecular flexibility index (Phi) is 5.19. The van der Waals surface area contributed by atoms with E-state index < -0.39 is 0 Å². The van der Waals surface area contributed by atoms with Gasteiger partial charge in [-0.15, -0.1) is 11.3 Å². The molecule has 0 aliphatic rings. The molecular weight excluding hydrogens is 332 g/mol. The number of aromatic nitrogens is 1. The first kappa shape index (κ1) is 17.2. The predicted molar refractivity (Wildman–Crippen MR) is 104 cm³/mol. The zero-order chi connectivity index (χ0) is 17.8. The predicted octanol–water partition coefficient (Wildman–Crippen LogP) is 4.07. The van der Waals surface area contributed by atoms with Crippen molar-refractivity contribution in [3.8, 4) is 11.5 Å². The Bertz CT molecular complexity index is 900. The van der Waals surface area contributed by atoms with Gasteiger partial charge in [-0.05, 0) is 43.7 Å². The van der Waals surface area contributed by atoms with Crippen LogP contribution in [0.1, 0.15) is 19.4 Å². The molecular formula is C19H22N4OS. The SMILES string of the molecule is CC(C)N=c1scc(-c2ccco2)n1N=Cc1ccc(N(C)C)cc1. The lowest BCUT2D eigenvalue weighted by Crippen LogP contribution is -2.14. The van der Waals surface area contributed by atoms with Crippen LogP contribution in [-0.2, 0) is 0 Å². The van der Waals surface area contributed by atoms with Crippen LogP contribution in [0.2, 0.25) is 0 Å². The van der Waals surface area contributed by atoms with Crippen molar-refractivity contribution >= 4 is 23.2 Å². The molecule has 0 atom stereocenters. The molecule has 0 fully saturated rings. The largest absolute Gasteiger partial charge is 0.463 e. The molecule has 0 N–H and O–H groups in total. The lowest BCUT2D eigenvalue weighted by Gasteiger charge is -2.11. The van der Waals surface area contributed by atoms with Crippen LogP contribution in [0.3, 0.4) is 0 Å². The fourth-order valence-electron chi connectivity index (χ4n) is 2.30. The quantitative estimate of drug-likeness (QED) is 0.649. The first-order chi connectivity index (χ1) is 12.0. The average Bonchev–Trinajstić information content (AvgIpc) is 3.22. The molecule has 0 spiro atoms. The maximum atomic E-state index is 5.54. The first-order valence-electron chi connectivity index (χ1n) is 8.14. The van der Waals surface area contributed by atoms with Gasteiger partial charge in [0.2, 0.25) is 4.80 Å². The lowest BCUT2D eigenvalue weighted by molar-refractivity contribution is 0.575. The minimum atomic E-state index is 0.198. The second-order valence-corrected chi connectivity index (χ2v) is 6.98. The van der Waals surface area contributed by atoms with E-state index in [2.05, 4.69) is 53.1 Å². The standard InChI is InChI=1S/C19H22N4OS/c1-14(2)21-19-23(17(13-25-19)18-6-5-11-24-18)20-12-15-7-9-16(10-8-15)22(3)4/h5-14H,1-4H3. The monoisotopic (exact) mass is 354 g/mol. The minimum Gasteiger partial charge on any atom is -0.463 e. The van der Waals surface area contributed by atoms with Crippen LogP contribution < -0.4 is 9.70 Å². The van der Waals surface area contributed by atoms with Crippen molar-refractivity contribution in [2.45, 2.75) is 19.9 Å². The number of hydrogen-bond acceptors (Lipinski definition) is 5. The van der Waals surface area contributed by atoms with Crippen LogP contribution in [0.15, 0.2) is 62.6 Å². The van der Waals surface area contributed by atoms with Crippen molar-refractivity contribution in [2.24, 2.45) is 10.1 Å². The molecule has 5 nitrogen and oxygen atoms in total. The van der Waals surface area contributed by atoms with Crippen molar-refractivity contribution in [3.05, 3.63) is 58.4 Å². The van der Waals surface area contributed by atoms with Gasteiger partial charge in [-0.25, -0.2) is 4.68 Å². The van der Waals surface area contributed by atoms with Crippen LogP contribution in [0.5, 0.6) is 0 Å². The molecule has 2 heterocycles. The van der Waals surface area contributed by atoms with E-state index >= 15 is 0 Å². The minimum absolute atomic E-state index is 0.198. The van der Waals surface area contributed by atoms with E-state index in [4.69, 9.17) is 4.42 Å². The fourth-order valence-corrected chi connectivity index (χ4v) is 3.25. The number of rotatable bonds is 5. The van der Waals surface area contributed by atoms with Gasteiger partial charge in [0.15, 0.2) is 5.76 Å². The van der Waals surface area contributed by atoms with Gasteiger partial charge in [-0.2, -0.15) is 5.10 Å². The number of hydrogen-bond donors (Lipinski definition) is 0. The maximum Gasteiger partial charge on any atom is 0.206 e. The highest BCUT2D eigenvalue weighted by molar-refractivity contribution is 7.07. The summed E-state index contributed by atoms with van der Waals surface area (Å²) in [5, 5.41) is 6.68. The van der Waals surface area contributed by atoms with Gasteiger partial charge in [0.1, 0.15) is 5.69 Å². The maximum absolute atomic E-state index is 5.54. The fraction of sp³-hybridized carbons (Fsp3) is 0.263. The van der Waals surface area contributed by atoms with Gasteiger partial charge >= 0.3 is 0 Å². The molecule has 0 amide bonds. The Labute approximate surface area is 151 Å². The van der Waals surface area contributed by atoms with E-state index in [1.54, 1.807) is 17.6 Å². The zero-order valence-corrected chi connectivity index (χ0v) is 15.7. The van der Waals surface area contributed by atoms with Crippen molar-refractivity contribution in [2.75, 3.05) is 19.0 Å². The molecule has 130 valence electrons. The van der Waals surface area contributed by atoms with E-state index in [1.165, 1.54) is 0 Å². The molecule has 0 saturated carbocycles. The van der Waals surface area contributed by atoms with Gasteiger partial charge in [-0.1, -0.05) is 12.1 Å². The zero-order valence-electron chi connectivity index (χ0n) is 14.9. The van der Waals surface area contributed by atoms with E-state index in [0.717, 1.165) is 27.5 Å². The molecule has 2 aromatic heterocycles. The summed E-state index contributed by atoms with van der Waals surface area (Å²) >= 11 is 1.56. The summed E-state index contributed by atoms with van der Waals surface area (Å²) in [6, 6.07) is 12.3. The average molecular weight is 354 g/mol. The van der Waals surface area contributed by atoms with Gasteiger partial charge in [0.25, 0.3) is 0 Å². The third-order valence-electron chi connectivity index (χ3n) is 3.56. The Balaban J connectivity index is 1.99. The van der Waals surface area contributed by atoms with Crippen molar-refractivity contribution in [3.63, 3.8) is 0 Å². The topological polar surface area (TPSA) is 46.0 Å². The Hall–Kier alpha value is -2.60. The Morgan fingerprint density at radius 2 is 1.92 bits per heavy atom. The number of anilines is 1. The van der Waals surface area contributed by atoms with Crippen molar-refractivity contribution in [1.82, 2.24) is 4.68 Å². The summed E-state index contributed by atoms with van der Waals surface area (Å²) in [5.41, 5.74) is 3.09. The molecule has 0 aliphatic carbocycles. The molecule has 6 heteroatoms. The second-order valence-electron chi connectivity index (χ2n) is 6.15. The highest BCUT2D eigenvalue weighted by atomic mass is 32.1. The summed E-state index contributed by atoms with van der Waals surface area (Å²) in [6.07, 6.45) is 3.51. The molecule has 1 aromatic carbocycles. The lowest BCUT2D eigenvalue weighted by atomic mass is 10.2. The Morgan fingerprint density at radius 1 is 1.16 bits per heavy atom. The highest BCUT2D eigenvalue weighted by Gasteiger charge is 2.10. The molecule has 0 bridgehead atoms. The van der Waals surface area contributed by atoms with Crippen LogP contribution >= 0.6 is 11.3 Å². The summed E-state index contributed by atoms with van der Waals surface area (Å²) in [4.78, 5) is 7.58. The number of furan rings is 1. The Morgan fingerprint density at radius 3 is 2.52 bits per heavy atom. The summed E-state index contributed by atoms with van der Waals surface area (Å²) in [5.74, 6) is 0.779. The molecule has 0 radical (unpaired) electrons. The number of benzene rings is 1. The van der Waals surface area contributed by atoms with Gasteiger partial charge < -0.3 is 9.32 Å². The summed E-state index contributed by atoms with van der Waals surface area (Å²) in [6.45, 7) is 4.11. The summed E-state index contributed by atoms with van der Waals surface area (Å²) in [7, 11) is 4.05. The molecule has 0 unspecified atom stereocenters. The number of thiazole rings is 1. The van der Waals surface area contributed by atoms with Gasteiger partial charge in [0, 0.05) is 31.2 Å². The third-order valence-corrected chi connectivity index (χ3v) is 4.39. The van der Waals surface area contributed by atoms with Crippen molar-refractivity contribution in [1.29, 1.82) is 0 Å². The van der Waals surface area contributed by atoms with Crippen LogP contribution in [0, 0.1) is 0 Å². The summed E-state index contributed by atoms with van der Waals surface area (Å²) < 4.78 is 7.37. The van der Waals surface area contributed by atoms with Gasteiger partial charge in [-0.3, -0.25) is 4.99 Å². The van der Waals surface area contributed by atoms with E-state index in [-0.39, 0.29) is 6.04 Å². The molecule has 3 aromatic rings. The third kappa shape index (κ3) is 4.09. The van der Waals surface area contributed by atoms with Crippen LogP contribution in [0.4, 0.5) is 5.69 Å². The smallest absolute Gasteiger partial charge is 0.206 e. The molecule has 0 saturated heterocycles. The van der Waals surface area contributed by atoms with Crippen molar-refractivity contribution < 1.29 is 4.42 Å². The molecule has 25 heavy (non-hydrogen) atoms. The van der Waals surface area contributed by atoms with Crippen LogP contribution in [0.25, 0.3) is 11.5 Å².